The van der Waals surface area contributed by atoms with Crippen LogP contribution < -0.4 is 15.2 Å². The minimum absolute atomic E-state index is 0.0920. The lowest BCUT2D eigenvalue weighted by molar-refractivity contribution is -0.385. The minimum atomic E-state index is -0.419. The van der Waals surface area contributed by atoms with Gasteiger partial charge in [-0.25, -0.2) is 0 Å². The molecule has 0 atom stereocenters. The minimum Gasteiger partial charge on any atom is -0.496 e. The zero-order valence-electron chi connectivity index (χ0n) is 13.1. The first-order valence-corrected chi connectivity index (χ1v) is 6.59. The van der Waals surface area contributed by atoms with Crippen LogP contribution in [0.5, 0.6) is 11.5 Å². The van der Waals surface area contributed by atoms with E-state index in [0.29, 0.717) is 11.3 Å². The van der Waals surface area contributed by atoms with Crippen LogP contribution in [0.4, 0.5) is 11.4 Å². The fraction of sp³-hybridized carbons (Fsp3) is 0.250. The van der Waals surface area contributed by atoms with E-state index in [1.165, 1.54) is 13.2 Å². The van der Waals surface area contributed by atoms with Crippen molar-refractivity contribution in [2.75, 3.05) is 20.0 Å². The molecular formula is C16H20N2O4. The molecule has 0 heterocycles. The van der Waals surface area contributed by atoms with Gasteiger partial charge in [-0.3, -0.25) is 10.1 Å². The molecule has 118 valence electrons. The van der Waals surface area contributed by atoms with Gasteiger partial charge in [-0.15, -0.1) is 0 Å². The number of nitrogens with two attached hydrogens (primary N) is 1. The Labute approximate surface area is 129 Å². The molecule has 0 amide bonds. The number of benzene rings is 2. The highest BCUT2D eigenvalue weighted by Crippen LogP contribution is 2.26. The lowest BCUT2D eigenvalue weighted by atomic mass is 10.2. The van der Waals surface area contributed by atoms with Crippen molar-refractivity contribution in [3.63, 3.8) is 0 Å². The number of methoxy groups -OCH3 is 2. The molecule has 0 aliphatic heterocycles. The van der Waals surface area contributed by atoms with Crippen molar-refractivity contribution in [2.24, 2.45) is 0 Å². The predicted octanol–water partition coefficient (Wildman–Crippen LogP) is 3.50. The standard InChI is InChI=1S/C8H9NO3.C8H11NO/c1-6-7(9(10)11)4-3-5-8(6)12-2;1-6-7(9)4-3-5-8(6)10-2/h3-5H,1-2H3;3-5H,9H2,1-2H3. The third-order valence-corrected chi connectivity index (χ3v) is 3.22. The number of ether oxygens (including phenoxy) is 2. The monoisotopic (exact) mass is 304 g/mol. The molecule has 2 N–H and O–H groups in total. The van der Waals surface area contributed by atoms with Gasteiger partial charge >= 0.3 is 0 Å². The van der Waals surface area contributed by atoms with Crippen LogP contribution in [0.1, 0.15) is 11.1 Å². The maximum Gasteiger partial charge on any atom is 0.276 e. The summed E-state index contributed by atoms with van der Waals surface area (Å²) >= 11 is 0. The average molecular weight is 304 g/mol. The highest BCUT2D eigenvalue weighted by Gasteiger charge is 2.12. The van der Waals surface area contributed by atoms with Crippen molar-refractivity contribution in [1.29, 1.82) is 0 Å². The van der Waals surface area contributed by atoms with Gasteiger partial charge in [0.2, 0.25) is 0 Å². The van der Waals surface area contributed by atoms with E-state index in [0.717, 1.165) is 17.0 Å². The zero-order valence-corrected chi connectivity index (χ0v) is 13.1. The molecule has 0 aliphatic rings. The van der Waals surface area contributed by atoms with Crippen LogP contribution in [-0.4, -0.2) is 19.1 Å². The van der Waals surface area contributed by atoms with Crippen LogP contribution in [0, 0.1) is 24.0 Å². The van der Waals surface area contributed by atoms with E-state index in [4.69, 9.17) is 15.2 Å². The summed E-state index contributed by atoms with van der Waals surface area (Å²) in [6.45, 7) is 3.60. The molecule has 0 spiro atoms. The fourth-order valence-electron chi connectivity index (χ4n) is 1.87. The Kier molecular flexibility index (Phi) is 6.19. The van der Waals surface area contributed by atoms with Crippen LogP contribution in [0.3, 0.4) is 0 Å². The number of hydrogen-bond acceptors (Lipinski definition) is 5. The van der Waals surface area contributed by atoms with Gasteiger partial charge in [-0.05, 0) is 32.0 Å². The second kappa shape index (κ2) is 7.87. The molecule has 2 aromatic rings. The quantitative estimate of drug-likeness (QED) is 0.532. The smallest absolute Gasteiger partial charge is 0.276 e. The maximum absolute atomic E-state index is 10.4. The lowest BCUT2D eigenvalue weighted by Crippen LogP contribution is -1.94. The summed E-state index contributed by atoms with van der Waals surface area (Å²) in [5.74, 6) is 1.39. The maximum atomic E-state index is 10.4. The van der Waals surface area contributed by atoms with E-state index in [1.54, 1.807) is 26.2 Å². The summed E-state index contributed by atoms with van der Waals surface area (Å²) in [7, 11) is 3.13. The third kappa shape index (κ3) is 4.12. The molecule has 0 fully saturated rings. The van der Waals surface area contributed by atoms with E-state index in [-0.39, 0.29) is 5.69 Å². The summed E-state index contributed by atoms with van der Waals surface area (Å²) < 4.78 is 9.98. The van der Waals surface area contributed by atoms with Gasteiger partial charge in [-0.1, -0.05) is 12.1 Å². The largest absolute Gasteiger partial charge is 0.496 e. The molecule has 22 heavy (non-hydrogen) atoms. The van der Waals surface area contributed by atoms with Gasteiger partial charge in [-0.2, -0.15) is 0 Å². The molecule has 2 aromatic carbocycles. The van der Waals surface area contributed by atoms with Crippen molar-refractivity contribution in [3.8, 4) is 11.5 Å². The fourth-order valence-corrected chi connectivity index (χ4v) is 1.87. The summed E-state index contributed by atoms with van der Waals surface area (Å²) in [5.41, 5.74) is 8.05. The normalized spacial score (nSPS) is 9.45. The Bertz CT molecular complexity index is 657. The Balaban J connectivity index is 0.000000224. The first-order chi connectivity index (χ1) is 10.4. The Morgan fingerprint density at radius 3 is 1.91 bits per heavy atom. The van der Waals surface area contributed by atoms with Crippen molar-refractivity contribution < 1.29 is 14.4 Å². The van der Waals surface area contributed by atoms with E-state index in [2.05, 4.69) is 0 Å². The van der Waals surface area contributed by atoms with E-state index < -0.39 is 4.92 Å². The van der Waals surface area contributed by atoms with Crippen LogP contribution in [0.2, 0.25) is 0 Å². The molecule has 0 saturated carbocycles. The van der Waals surface area contributed by atoms with Gasteiger partial charge in [0.15, 0.2) is 0 Å². The van der Waals surface area contributed by atoms with Crippen molar-refractivity contribution in [1.82, 2.24) is 0 Å². The number of rotatable bonds is 3. The highest BCUT2D eigenvalue weighted by molar-refractivity contribution is 5.53. The first kappa shape index (κ1) is 17.3. The molecule has 6 heteroatoms. The first-order valence-electron chi connectivity index (χ1n) is 6.59. The van der Waals surface area contributed by atoms with Crippen molar-refractivity contribution >= 4 is 11.4 Å². The number of nitrogens with zero attached hydrogens (tertiary/aromatic N) is 1. The third-order valence-electron chi connectivity index (χ3n) is 3.22. The molecule has 0 unspecified atom stereocenters. The molecule has 0 radical (unpaired) electrons. The van der Waals surface area contributed by atoms with Gasteiger partial charge in [0.25, 0.3) is 5.69 Å². The molecule has 0 aromatic heterocycles. The molecule has 2 rings (SSSR count). The molecule has 0 saturated heterocycles. The van der Waals surface area contributed by atoms with Gasteiger partial charge in [0.1, 0.15) is 11.5 Å². The number of nitro benzene ring substituents is 1. The van der Waals surface area contributed by atoms with E-state index in [9.17, 15) is 10.1 Å². The summed E-state index contributed by atoms with van der Waals surface area (Å²) in [6.07, 6.45) is 0. The van der Waals surface area contributed by atoms with Crippen LogP contribution in [0.15, 0.2) is 36.4 Å². The SMILES string of the molecule is COc1cccc(N)c1C.COc1cccc([N+](=O)[O-])c1C. The zero-order chi connectivity index (χ0) is 16.7. The topological polar surface area (TPSA) is 87.6 Å². The number of nitro groups is 1. The van der Waals surface area contributed by atoms with Crippen LogP contribution in [0.25, 0.3) is 0 Å². The van der Waals surface area contributed by atoms with Gasteiger partial charge in [0, 0.05) is 17.3 Å². The van der Waals surface area contributed by atoms with Gasteiger partial charge < -0.3 is 15.2 Å². The van der Waals surface area contributed by atoms with E-state index in [1.807, 2.05) is 25.1 Å². The van der Waals surface area contributed by atoms with Crippen molar-refractivity contribution in [2.45, 2.75) is 13.8 Å². The molecular weight excluding hydrogens is 284 g/mol. The van der Waals surface area contributed by atoms with Crippen molar-refractivity contribution in [3.05, 3.63) is 57.6 Å². The summed E-state index contributed by atoms with van der Waals surface area (Å²) in [6, 6.07) is 10.4. The van der Waals surface area contributed by atoms with E-state index >= 15 is 0 Å². The second-order valence-electron chi connectivity index (χ2n) is 4.54. The number of hydrogen-bond donors (Lipinski definition) is 1. The number of nitrogen functional groups attached to an aromatic ring is 1. The van der Waals surface area contributed by atoms with Crippen LogP contribution in [-0.2, 0) is 0 Å². The number of anilines is 1. The Hall–Kier alpha value is -2.76. The molecule has 6 nitrogen and oxygen atoms in total. The summed E-state index contributed by atoms with van der Waals surface area (Å²) in [4.78, 5) is 10.0. The Morgan fingerprint density at radius 2 is 1.45 bits per heavy atom. The Morgan fingerprint density at radius 1 is 0.955 bits per heavy atom. The summed E-state index contributed by atoms with van der Waals surface area (Å²) in [5, 5.41) is 10.4. The second-order valence-corrected chi connectivity index (χ2v) is 4.54. The lowest BCUT2D eigenvalue weighted by Gasteiger charge is -2.05. The molecule has 0 aliphatic carbocycles. The van der Waals surface area contributed by atoms with Gasteiger partial charge in [0.05, 0.1) is 24.7 Å². The van der Waals surface area contributed by atoms with Crippen LogP contribution >= 0.6 is 0 Å². The predicted molar refractivity (Wildman–Crippen MR) is 86.5 cm³/mol. The highest BCUT2D eigenvalue weighted by atomic mass is 16.6. The average Bonchev–Trinajstić information content (AvgIpc) is 2.50. The molecule has 0 bridgehead atoms.